The average Bonchev–Trinajstić information content (AvgIpc) is 4.22. The Hall–Kier alpha value is -9.04. The third-order valence-corrected chi connectivity index (χ3v) is 14.6. The second kappa shape index (κ2) is 20.0. The predicted octanol–water partition coefficient (Wildman–Crippen LogP) is 10.9. The van der Waals surface area contributed by atoms with Crippen LogP contribution in [0.2, 0.25) is 0 Å². The van der Waals surface area contributed by atoms with Crippen LogP contribution < -0.4 is 37.6 Å². The van der Waals surface area contributed by atoms with Gasteiger partial charge in [-0.2, -0.15) is 0 Å². The molecule has 0 saturated carbocycles. The topological polar surface area (TPSA) is 229 Å². The Bertz CT molecular complexity index is 3840. The van der Waals surface area contributed by atoms with Gasteiger partial charge in [0.25, 0.3) is 11.8 Å². The van der Waals surface area contributed by atoms with Gasteiger partial charge in [0.2, 0.25) is 0 Å². The number of benzene rings is 4. The smallest absolute Gasteiger partial charge is 0.258 e. The Morgan fingerprint density at radius 1 is 0.562 bits per heavy atom. The minimum Gasteiger partial charge on any atom is -0.382 e. The lowest BCUT2D eigenvalue weighted by molar-refractivity contribution is 0.102. The summed E-state index contributed by atoms with van der Waals surface area (Å²) in [7, 11) is 0. The number of hydrogen-bond donors (Lipinski definition) is 6. The van der Waals surface area contributed by atoms with Gasteiger partial charge in [0.15, 0.2) is 0 Å². The number of rotatable bonds is 10. The zero-order chi connectivity index (χ0) is 50.0. The van der Waals surface area contributed by atoms with Crippen molar-refractivity contribution in [2.75, 3.05) is 63.9 Å². The van der Waals surface area contributed by atoms with Gasteiger partial charge >= 0.3 is 0 Å². The van der Waals surface area contributed by atoms with E-state index in [1.165, 1.54) is 41.0 Å². The van der Waals surface area contributed by atoms with E-state index in [4.69, 9.17) is 16.2 Å². The molecular formula is C54H46N14O3S2. The normalized spacial score (nSPS) is 12.4. The van der Waals surface area contributed by atoms with E-state index in [1.807, 2.05) is 99.0 Å². The predicted molar refractivity (Wildman–Crippen MR) is 294 cm³/mol. The molecule has 73 heavy (non-hydrogen) atoms. The van der Waals surface area contributed by atoms with Crippen molar-refractivity contribution in [2.45, 2.75) is 13.8 Å². The zero-order valence-corrected chi connectivity index (χ0v) is 41.1. The summed E-state index contributed by atoms with van der Waals surface area (Å²) in [5, 5.41) is 20.2. The highest BCUT2D eigenvalue weighted by atomic mass is 32.1. The number of carbonyl (C=O) groups excluding carboxylic acids is 2. The maximum atomic E-state index is 13.3. The van der Waals surface area contributed by atoms with Crippen LogP contribution >= 0.6 is 22.7 Å². The van der Waals surface area contributed by atoms with Gasteiger partial charge in [-0.3, -0.25) is 9.59 Å². The molecule has 1 saturated heterocycles. The number of carbonyl (C=O) groups is 2. The molecule has 0 spiro atoms. The van der Waals surface area contributed by atoms with Crippen LogP contribution in [0.15, 0.2) is 145 Å². The lowest BCUT2D eigenvalue weighted by Gasteiger charge is -2.28. The van der Waals surface area contributed by atoms with Crippen molar-refractivity contribution < 1.29 is 14.3 Å². The number of aromatic nitrogens is 7. The largest absolute Gasteiger partial charge is 0.382 e. The summed E-state index contributed by atoms with van der Waals surface area (Å²) in [6.07, 6.45) is 10.2. The summed E-state index contributed by atoms with van der Waals surface area (Å²) >= 11 is 2.72. The molecule has 0 atom stereocenters. The minimum atomic E-state index is -0.248. The summed E-state index contributed by atoms with van der Waals surface area (Å²) in [5.74, 6) is 1.67. The van der Waals surface area contributed by atoms with Gasteiger partial charge in [0, 0.05) is 92.9 Å². The second-order valence-corrected chi connectivity index (χ2v) is 18.9. The van der Waals surface area contributed by atoms with Crippen molar-refractivity contribution in [1.29, 1.82) is 0 Å². The fourth-order valence-corrected chi connectivity index (χ4v) is 10.6. The molecule has 8 heterocycles. The molecule has 4 aromatic carbocycles. The van der Waals surface area contributed by atoms with Crippen LogP contribution in [-0.2, 0) is 4.74 Å². The van der Waals surface area contributed by atoms with Crippen molar-refractivity contribution in [3.05, 3.63) is 168 Å². The maximum absolute atomic E-state index is 13.3. The Morgan fingerprint density at radius 2 is 1.03 bits per heavy atom. The highest BCUT2D eigenvalue weighted by Crippen LogP contribution is 2.36. The molecule has 17 nitrogen and oxygen atoms in total. The monoisotopic (exact) mass is 1000 g/mol. The standard InChI is InChI=1S/C27H25N7O2S.C27H21N7OS/c1-16-2-7-20-19(22(16)33-27(35)21-14-37-24-23(21)30-15-31-25(24)28)8-9-29-26(20)32-17-3-5-18(6-4-17)34-10-12-36-13-11-34;1-16-4-9-20-19(22(16)33-27(35)21-14-36-24-23(21)30-15-31-25(24)28)10-11-29-26(20)32-17-5-7-18(8-6-17)34-12-2-3-13-34/h2-9,14-15H,10-13H2,1H3,(H,29,32)(H,33,35)(H2,28,30,31);2-15H,1H3,(H,29,32)(H,33,35)(H2,28,30,31). The molecule has 8 N–H and O–H groups in total. The molecule has 0 bridgehead atoms. The SMILES string of the molecule is Cc1ccc2c(Nc3ccc(-n4cccc4)cc3)nccc2c1NC(=O)c1csc2c(N)ncnc12.Cc1ccc2c(Nc3ccc(N4CCOCC4)cc3)nccc2c1NC(=O)c1csc2c(N)ncnc12. The number of fused-ring (bicyclic) bond motifs is 4. The van der Waals surface area contributed by atoms with Crippen LogP contribution in [-0.4, -0.2) is 72.6 Å². The Morgan fingerprint density at radius 3 is 1.51 bits per heavy atom. The van der Waals surface area contributed by atoms with Gasteiger partial charge in [0.1, 0.15) is 35.9 Å². The lowest BCUT2D eigenvalue weighted by atomic mass is 10.0. The Kier molecular flexibility index (Phi) is 12.7. The number of nitrogens with one attached hydrogen (secondary N) is 4. The molecule has 0 aliphatic carbocycles. The second-order valence-electron chi connectivity index (χ2n) is 17.1. The highest BCUT2D eigenvalue weighted by Gasteiger charge is 2.21. The fourth-order valence-electron chi connectivity index (χ4n) is 8.76. The van der Waals surface area contributed by atoms with Crippen molar-refractivity contribution in [3.8, 4) is 5.69 Å². The maximum Gasteiger partial charge on any atom is 0.258 e. The molecule has 11 aromatic rings. The van der Waals surface area contributed by atoms with Crippen LogP contribution in [0.25, 0.3) is 47.7 Å². The van der Waals surface area contributed by atoms with Crippen molar-refractivity contribution in [3.63, 3.8) is 0 Å². The number of nitrogens with two attached hydrogens (primary N) is 2. The molecule has 1 aliphatic rings. The summed E-state index contributed by atoms with van der Waals surface area (Å²) in [6, 6.07) is 32.2. The first-order valence-corrected chi connectivity index (χ1v) is 25.0. The number of hydrogen-bond acceptors (Lipinski definition) is 16. The quantitative estimate of drug-likeness (QED) is 0.0749. The zero-order valence-electron chi connectivity index (χ0n) is 39.5. The van der Waals surface area contributed by atoms with E-state index >= 15 is 0 Å². The van der Waals surface area contributed by atoms with Gasteiger partial charge in [-0.15, -0.1) is 22.7 Å². The first kappa shape index (κ1) is 46.3. The van der Waals surface area contributed by atoms with E-state index in [2.05, 4.69) is 84.9 Å². The number of thiophene rings is 2. The van der Waals surface area contributed by atoms with Crippen LogP contribution in [0.3, 0.4) is 0 Å². The van der Waals surface area contributed by atoms with Crippen LogP contribution in [0.5, 0.6) is 0 Å². The average molecular weight is 1000 g/mol. The molecule has 7 aromatic heterocycles. The number of amides is 2. The number of ether oxygens (including phenoxy) is 1. The van der Waals surface area contributed by atoms with Crippen LogP contribution in [0.4, 0.5) is 51.7 Å². The van der Waals surface area contributed by atoms with E-state index in [-0.39, 0.29) is 11.8 Å². The van der Waals surface area contributed by atoms with E-state index in [9.17, 15) is 9.59 Å². The molecule has 12 rings (SSSR count). The lowest BCUT2D eigenvalue weighted by Crippen LogP contribution is -2.36. The molecule has 1 aliphatic heterocycles. The molecule has 362 valence electrons. The van der Waals surface area contributed by atoms with Crippen molar-refractivity contribution >= 4 is 128 Å². The summed E-state index contributed by atoms with van der Waals surface area (Å²) < 4.78 is 8.91. The number of aryl methyl sites for hydroxylation is 2. The Balaban J connectivity index is 0.000000157. The molecule has 19 heteroatoms. The molecule has 2 amide bonds. The summed E-state index contributed by atoms with van der Waals surface area (Å²) in [6.45, 7) is 7.23. The minimum absolute atomic E-state index is 0.245. The molecule has 0 radical (unpaired) electrons. The third kappa shape index (κ3) is 9.38. The van der Waals surface area contributed by atoms with Crippen molar-refractivity contribution in [2.24, 2.45) is 0 Å². The first-order valence-electron chi connectivity index (χ1n) is 23.2. The van der Waals surface area contributed by atoms with Crippen molar-refractivity contribution in [1.82, 2.24) is 34.5 Å². The molecule has 0 unspecified atom stereocenters. The fraction of sp³-hybridized carbons (Fsp3) is 0.111. The van der Waals surface area contributed by atoms with E-state index < -0.39 is 0 Å². The van der Waals surface area contributed by atoms with E-state index in [0.29, 0.717) is 54.8 Å². The van der Waals surface area contributed by atoms with Crippen LogP contribution in [0.1, 0.15) is 31.8 Å². The number of anilines is 9. The van der Waals surface area contributed by atoms with Gasteiger partial charge in [-0.05, 0) is 97.8 Å². The third-order valence-electron chi connectivity index (χ3n) is 12.6. The van der Waals surface area contributed by atoms with Gasteiger partial charge < -0.3 is 46.9 Å². The number of morpholine rings is 1. The first-order chi connectivity index (χ1) is 35.7. The van der Waals surface area contributed by atoms with Gasteiger partial charge in [-0.25, -0.2) is 29.9 Å². The van der Waals surface area contributed by atoms with E-state index in [1.54, 1.807) is 23.2 Å². The van der Waals surface area contributed by atoms with E-state index in [0.717, 1.165) is 87.4 Å². The highest BCUT2D eigenvalue weighted by molar-refractivity contribution is 7.18. The number of nitrogens with zero attached hydrogens (tertiary/aromatic N) is 8. The van der Waals surface area contributed by atoms with Gasteiger partial charge in [-0.1, -0.05) is 24.3 Å². The summed E-state index contributed by atoms with van der Waals surface area (Å²) in [5.41, 5.74) is 21.4. The van der Waals surface area contributed by atoms with Gasteiger partial charge in [0.05, 0.1) is 56.1 Å². The molecule has 1 fully saturated rings. The number of pyridine rings is 2. The van der Waals surface area contributed by atoms with Crippen LogP contribution in [0, 0.1) is 13.8 Å². The summed E-state index contributed by atoms with van der Waals surface area (Å²) in [4.78, 5) is 54.6. The Labute approximate surface area is 426 Å². The molecular weight excluding hydrogens is 957 g/mol. The number of nitrogen functional groups attached to an aromatic ring is 2.